The number of hydrogen-bond acceptors (Lipinski definition) is 2. The van der Waals surface area contributed by atoms with Gasteiger partial charge in [0, 0.05) is 18.9 Å². The summed E-state index contributed by atoms with van der Waals surface area (Å²) in [4.78, 5) is 4.02. The van der Waals surface area contributed by atoms with Crippen LogP contribution < -0.4 is 5.32 Å². The van der Waals surface area contributed by atoms with Crippen LogP contribution in [-0.2, 0) is 6.54 Å². The number of nitrogens with one attached hydrogen (secondary N) is 1. The third kappa shape index (κ3) is 3.81. The predicted octanol–water partition coefficient (Wildman–Crippen LogP) is 2.36. The van der Waals surface area contributed by atoms with Crippen molar-refractivity contribution < 1.29 is 0 Å². The van der Waals surface area contributed by atoms with E-state index in [4.69, 9.17) is 0 Å². The number of aromatic nitrogens is 2. The minimum atomic E-state index is 1.07. The quantitative estimate of drug-likeness (QED) is 0.563. The summed E-state index contributed by atoms with van der Waals surface area (Å²) in [5.74, 6) is 0. The van der Waals surface area contributed by atoms with E-state index in [2.05, 4.69) is 20.9 Å². The van der Waals surface area contributed by atoms with Gasteiger partial charge in [-0.15, -0.1) is 0 Å². The Kier molecular flexibility index (Phi) is 4.62. The van der Waals surface area contributed by atoms with Gasteiger partial charge < -0.3 is 9.88 Å². The van der Waals surface area contributed by atoms with Crippen molar-refractivity contribution in [1.82, 2.24) is 14.9 Å². The summed E-state index contributed by atoms with van der Waals surface area (Å²) in [5.41, 5.74) is 1.65. The van der Waals surface area contributed by atoms with E-state index in [1.807, 2.05) is 18.7 Å². The predicted molar refractivity (Wildman–Crippen MR) is 66.3 cm³/mol. The topological polar surface area (TPSA) is 29.9 Å². The monoisotopic (exact) mass is 219 g/mol. The normalized spacial score (nSPS) is 15.4. The molecule has 0 fully saturated rings. The highest BCUT2D eigenvalue weighted by molar-refractivity contribution is 5.07. The van der Waals surface area contributed by atoms with Gasteiger partial charge in [0.25, 0.3) is 0 Å². The smallest absolute Gasteiger partial charge is 0.0945 e. The molecule has 0 amide bonds. The van der Waals surface area contributed by atoms with Gasteiger partial charge in [0.1, 0.15) is 0 Å². The Balaban J connectivity index is 1.46. The van der Waals surface area contributed by atoms with Crippen molar-refractivity contribution in [3.8, 4) is 0 Å². The van der Waals surface area contributed by atoms with Crippen molar-refractivity contribution in [2.75, 3.05) is 13.1 Å². The first-order valence-electron chi connectivity index (χ1n) is 6.29. The average Bonchev–Trinajstić information content (AvgIpc) is 2.96. The van der Waals surface area contributed by atoms with Crippen LogP contribution in [0.5, 0.6) is 0 Å². The Morgan fingerprint density at radius 1 is 1.38 bits per heavy atom. The lowest BCUT2D eigenvalue weighted by Gasteiger charge is -2.05. The molecule has 0 bridgehead atoms. The molecule has 0 aliphatic heterocycles. The Labute approximate surface area is 97.6 Å². The largest absolute Gasteiger partial charge is 0.337 e. The second kappa shape index (κ2) is 6.48. The summed E-state index contributed by atoms with van der Waals surface area (Å²) in [6.45, 7) is 3.30. The molecule has 0 saturated carbocycles. The first kappa shape index (κ1) is 11.4. The van der Waals surface area contributed by atoms with E-state index in [1.165, 1.54) is 32.1 Å². The van der Waals surface area contributed by atoms with Crippen LogP contribution in [0.15, 0.2) is 30.4 Å². The molecule has 88 valence electrons. The van der Waals surface area contributed by atoms with Gasteiger partial charge >= 0.3 is 0 Å². The second-order valence-corrected chi connectivity index (χ2v) is 4.41. The third-order valence-electron chi connectivity index (χ3n) is 3.09. The third-order valence-corrected chi connectivity index (χ3v) is 3.09. The van der Waals surface area contributed by atoms with E-state index >= 15 is 0 Å². The molecule has 0 unspecified atom stereocenters. The van der Waals surface area contributed by atoms with Crippen LogP contribution in [0.2, 0.25) is 0 Å². The van der Waals surface area contributed by atoms with Crippen LogP contribution in [0.3, 0.4) is 0 Å². The van der Waals surface area contributed by atoms with E-state index < -0.39 is 0 Å². The molecule has 1 aromatic heterocycles. The highest BCUT2D eigenvalue weighted by atomic mass is 15.0. The van der Waals surface area contributed by atoms with Gasteiger partial charge in [0.15, 0.2) is 0 Å². The van der Waals surface area contributed by atoms with Crippen LogP contribution in [0.1, 0.15) is 32.1 Å². The molecule has 0 spiro atoms. The second-order valence-electron chi connectivity index (χ2n) is 4.41. The van der Waals surface area contributed by atoms with Crippen LogP contribution in [0.4, 0.5) is 0 Å². The SMILES string of the molecule is C1=C(CCNCCCn2ccnc2)CCC1. The van der Waals surface area contributed by atoms with Crippen LogP contribution >= 0.6 is 0 Å². The minimum absolute atomic E-state index is 1.07. The number of imidazole rings is 1. The molecule has 0 saturated heterocycles. The summed E-state index contributed by atoms with van der Waals surface area (Å²) < 4.78 is 2.13. The van der Waals surface area contributed by atoms with Crippen molar-refractivity contribution in [3.05, 3.63) is 30.4 Å². The zero-order valence-electron chi connectivity index (χ0n) is 9.86. The molecular formula is C13H21N3. The van der Waals surface area contributed by atoms with Crippen LogP contribution in [0, 0.1) is 0 Å². The summed E-state index contributed by atoms with van der Waals surface area (Å²) in [6, 6.07) is 0. The summed E-state index contributed by atoms with van der Waals surface area (Å²) in [6.07, 6.45) is 14.6. The highest BCUT2D eigenvalue weighted by Gasteiger charge is 2.02. The Bertz CT molecular complexity index is 314. The number of hydrogen-bond donors (Lipinski definition) is 1. The molecule has 1 aliphatic carbocycles. The van der Waals surface area contributed by atoms with Gasteiger partial charge in [-0.1, -0.05) is 11.6 Å². The standard InChI is InChI=1S/C13H21N3/c1-2-5-13(4-1)6-8-14-7-3-10-16-11-9-15-12-16/h4,9,11-12,14H,1-3,5-8,10H2. The number of allylic oxidation sites excluding steroid dienone is 1. The van der Waals surface area contributed by atoms with Crippen molar-refractivity contribution >= 4 is 0 Å². The fourth-order valence-corrected chi connectivity index (χ4v) is 2.14. The lowest BCUT2D eigenvalue weighted by molar-refractivity contribution is 0.579. The van der Waals surface area contributed by atoms with E-state index in [9.17, 15) is 0 Å². The molecule has 1 aliphatic rings. The molecule has 1 heterocycles. The first-order valence-corrected chi connectivity index (χ1v) is 6.29. The molecule has 0 radical (unpaired) electrons. The first-order chi connectivity index (χ1) is 7.95. The zero-order chi connectivity index (χ0) is 11.1. The van der Waals surface area contributed by atoms with E-state index in [1.54, 1.807) is 5.57 Å². The summed E-state index contributed by atoms with van der Waals surface area (Å²) in [7, 11) is 0. The van der Waals surface area contributed by atoms with E-state index in [0.717, 1.165) is 19.6 Å². The van der Waals surface area contributed by atoms with E-state index in [0.29, 0.717) is 0 Å². The fourth-order valence-electron chi connectivity index (χ4n) is 2.14. The Morgan fingerprint density at radius 3 is 3.12 bits per heavy atom. The van der Waals surface area contributed by atoms with Crippen LogP contribution in [-0.4, -0.2) is 22.6 Å². The molecule has 2 rings (SSSR count). The minimum Gasteiger partial charge on any atom is -0.337 e. The van der Waals surface area contributed by atoms with Crippen molar-refractivity contribution in [3.63, 3.8) is 0 Å². The fraction of sp³-hybridized carbons (Fsp3) is 0.615. The van der Waals surface area contributed by atoms with Gasteiger partial charge in [0.05, 0.1) is 6.33 Å². The molecule has 3 nitrogen and oxygen atoms in total. The average molecular weight is 219 g/mol. The molecule has 16 heavy (non-hydrogen) atoms. The molecule has 1 aromatic rings. The zero-order valence-corrected chi connectivity index (χ0v) is 9.86. The van der Waals surface area contributed by atoms with Crippen molar-refractivity contribution in [2.24, 2.45) is 0 Å². The van der Waals surface area contributed by atoms with Gasteiger partial charge in [-0.25, -0.2) is 4.98 Å². The van der Waals surface area contributed by atoms with Gasteiger partial charge in [0.2, 0.25) is 0 Å². The van der Waals surface area contributed by atoms with Gasteiger partial charge in [-0.3, -0.25) is 0 Å². The maximum Gasteiger partial charge on any atom is 0.0945 e. The van der Waals surface area contributed by atoms with Crippen LogP contribution in [0.25, 0.3) is 0 Å². The molecule has 0 atom stereocenters. The molecule has 1 N–H and O–H groups in total. The molecular weight excluding hydrogens is 198 g/mol. The van der Waals surface area contributed by atoms with Gasteiger partial charge in [-0.05, 0) is 45.2 Å². The summed E-state index contributed by atoms with van der Waals surface area (Å²) >= 11 is 0. The highest BCUT2D eigenvalue weighted by Crippen LogP contribution is 2.19. The number of aryl methyl sites for hydroxylation is 1. The van der Waals surface area contributed by atoms with E-state index in [-0.39, 0.29) is 0 Å². The lowest BCUT2D eigenvalue weighted by atomic mass is 10.2. The Morgan fingerprint density at radius 2 is 2.38 bits per heavy atom. The molecule has 0 aromatic carbocycles. The summed E-state index contributed by atoms with van der Waals surface area (Å²) in [5, 5.41) is 3.50. The Hall–Kier alpha value is -1.09. The lowest BCUT2D eigenvalue weighted by Crippen LogP contribution is -2.18. The maximum atomic E-state index is 4.02. The maximum absolute atomic E-state index is 4.02. The number of nitrogens with zero attached hydrogens (tertiary/aromatic N) is 2. The van der Waals surface area contributed by atoms with Crippen molar-refractivity contribution in [1.29, 1.82) is 0 Å². The number of rotatable bonds is 7. The van der Waals surface area contributed by atoms with Crippen molar-refractivity contribution in [2.45, 2.75) is 38.6 Å². The van der Waals surface area contributed by atoms with Gasteiger partial charge in [-0.2, -0.15) is 0 Å². The molecule has 3 heteroatoms.